The van der Waals surface area contributed by atoms with Crippen molar-refractivity contribution in [1.82, 2.24) is 0 Å². The molecule has 0 aromatic heterocycles. The zero-order valence-electron chi connectivity index (χ0n) is 19.2. The number of alkyl halides is 1. The average Bonchev–Trinajstić information content (AvgIpc) is 2.87. The van der Waals surface area contributed by atoms with E-state index in [1.165, 1.54) is 26.0 Å². The maximum Gasteiger partial charge on any atom is 0.303 e. The van der Waals surface area contributed by atoms with E-state index in [0.29, 0.717) is 12.8 Å². The van der Waals surface area contributed by atoms with Crippen LogP contribution in [0.15, 0.2) is 23.8 Å². The fraction of sp³-hybridized carbons (Fsp3) is 0.720. The van der Waals surface area contributed by atoms with Gasteiger partial charge in [0, 0.05) is 29.6 Å². The SMILES string of the molecule is CC(=O)O[C@]1(C(C)=O)[C@@H](C)C[C@H]2[C@@H]3C[C@H](C)C4=CC(=O)C=C[C@]4(C)[C@@]3(F)[C@@H](O)C[C@@]21C. The van der Waals surface area contributed by atoms with Gasteiger partial charge in [0.25, 0.3) is 0 Å². The molecule has 0 aromatic carbocycles. The Morgan fingerprint density at radius 1 is 1.16 bits per heavy atom. The van der Waals surface area contributed by atoms with E-state index in [4.69, 9.17) is 4.74 Å². The van der Waals surface area contributed by atoms with Crippen molar-refractivity contribution in [3.63, 3.8) is 0 Å². The topological polar surface area (TPSA) is 80.7 Å². The van der Waals surface area contributed by atoms with Gasteiger partial charge in [-0.3, -0.25) is 14.4 Å². The van der Waals surface area contributed by atoms with Gasteiger partial charge in [-0.05, 0) is 57.1 Å². The quantitative estimate of drug-likeness (QED) is 0.673. The predicted octanol–water partition coefficient (Wildman–Crippen LogP) is 3.74. The molecule has 0 radical (unpaired) electrons. The molecule has 0 amide bonds. The van der Waals surface area contributed by atoms with Gasteiger partial charge in [-0.25, -0.2) is 4.39 Å². The summed E-state index contributed by atoms with van der Waals surface area (Å²) in [5.41, 5.74) is -4.61. The molecule has 0 bridgehead atoms. The van der Waals surface area contributed by atoms with Gasteiger partial charge in [-0.2, -0.15) is 0 Å². The third-order valence-corrected chi connectivity index (χ3v) is 9.34. The number of Topliss-reactive ketones (excluding diaryl/α,β-unsaturated/α-hetero) is 1. The van der Waals surface area contributed by atoms with Crippen LogP contribution in [0.25, 0.3) is 0 Å². The van der Waals surface area contributed by atoms with E-state index in [1.807, 2.05) is 20.8 Å². The molecule has 9 atom stereocenters. The van der Waals surface area contributed by atoms with Crippen molar-refractivity contribution in [3.8, 4) is 0 Å². The van der Waals surface area contributed by atoms with E-state index in [9.17, 15) is 19.5 Å². The van der Waals surface area contributed by atoms with Crippen LogP contribution < -0.4 is 0 Å². The number of allylic oxidation sites excluding steroid dienone is 4. The molecule has 4 aliphatic rings. The Balaban J connectivity index is 1.89. The lowest BCUT2D eigenvalue weighted by atomic mass is 9.43. The Morgan fingerprint density at radius 3 is 2.39 bits per heavy atom. The fourth-order valence-corrected chi connectivity index (χ4v) is 8.19. The molecule has 3 fully saturated rings. The van der Waals surface area contributed by atoms with Gasteiger partial charge in [0.2, 0.25) is 0 Å². The van der Waals surface area contributed by atoms with Gasteiger partial charge in [-0.15, -0.1) is 0 Å². The number of carbonyl (C=O) groups is 3. The number of halogens is 1. The number of rotatable bonds is 2. The summed E-state index contributed by atoms with van der Waals surface area (Å²) >= 11 is 0. The highest BCUT2D eigenvalue weighted by molar-refractivity contribution is 6.01. The lowest BCUT2D eigenvalue weighted by molar-refractivity contribution is -0.229. The highest BCUT2D eigenvalue weighted by atomic mass is 19.1. The minimum atomic E-state index is -1.98. The molecule has 31 heavy (non-hydrogen) atoms. The van der Waals surface area contributed by atoms with E-state index in [-0.39, 0.29) is 35.7 Å². The second kappa shape index (κ2) is 6.60. The first-order chi connectivity index (χ1) is 14.3. The van der Waals surface area contributed by atoms with Crippen molar-refractivity contribution >= 4 is 17.5 Å². The van der Waals surface area contributed by atoms with Gasteiger partial charge in [0.15, 0.2) is 22.8 Å². The highest BCUT2D eigenvalue weighted by Crippen LogP contribution is 2.72. The molecule has 0 aromatic rings. The van der Waals surface area contributed by atoms with E-state index < -0.39 is 40.1 Å². The number of ketones is 2. The number of fused-ring (bicyclic) bond motifs is 5. The first-order valence-electron chi connectivity index (χ1n) is 11.3. The first-order valence-corrected chi connectivity index (χ1v) is 11.3. The van der Waals surface area contributed by atoms with Crippen molar-refractivity contribution in [2.75, 3.05) is 0 Å². The van der Waals surface area contributed by atoms with Crippen LogP contribution >= 0.6 is 0 Å². The maximum absolute atomic E-state index is 17.2. The van der Waals surface area contributed by atoms with Crippen LogP contribution in [0.4, 0.5) is 4.39 Å². The van der Waals surface area contributed by atoms with Crippen LogP contribution in [-0.4, -0.2) is 40.0 Å². The first kappa shape index (κ1) is 22.4. The summed E-state index contributed by atoms with van der Waals surface area (Å²) < 4.78 is 23.0. The minimum absolute atomic E-state index is 0.0148. The monoisotopic (exact) mass is 432 g/mol. The second-order valence-corrected chi connectivity index (χ2v) is 10.8. The zero-order valence-corrected chi connectivity index (χ0v) is 19.2. The third kappa shape index (κ3) is 2.48. The summed E-state index contributed by atoms with van der Waals surface area (Å²) in [7, 11) is 0. The Hall–Kier alpha value is -1.82. The third-order valence-electron chi connectivity index (χ3n) is 9.34. The van der Waals surface area contributed by atoms with Gasteiger partial charge in [-0.1, -0.05) is 32.4 Å². The highest BCUT2D eigenvalue weighted by Gasteiger charge is 2.77. The van der Waals surface area contributed by atoms with Crippen molar-refractivity contribution in [1.29, 1.82) is 0 Å². The Kier molecular flexibility index (Phi) is 4.76. The number of aliphatic hydroxyl groups is 1. The molecule has 0 saturated heterocycles. The van der Waals surface area contributed by atoms with Gasteiger partial charge >= 0.3 is 5.97 Å². The zero-order chi connectivity index (χ0) is 23.1. The molecule has 3 saturated carbocycles. The second-order valence-electron chi connectivity index (χ2n) is 10.8. The molecule has 1 N–H and O–H groups in total. The molecule has 0 aliphatic heterocycles. The van der Waals surface area contributed by atoms with Crippen LogP contribution in [0.2, 0.25) is 0 Å². The predicted molar refractivity (Wildman–Crippen MR) is 113 cm³/mol. The van der Waals surface area contributed by atoms with Gasteiger partial charge in [0.05, 0.1) is 6.10 Å². The van der Waals surface area contributed by atoms with Crippen LogP contribution in [0.1, 0.15) is 60.8 Å². The van der Waals surface area contributed by atoms with Gasteiger partial charge in [0.1, 0.15) is 0 Å². The van der Waals surface area contributed by atoms with Crippen molar-refractivity contribution in [2.24, 2.45) is 34.5 Å². The average molecular weight is 433 g/mol. The summed E-state index contributed by atoms with van der Waals surface area (Å²) in [6, 6.07) is 0. The molecule has 0 spiro atoms. The summed E-state index contributed by atoms with van der Waals surface area (Å²) in [6.45, 7) is 10.3. The summed E-state index contributed by atoms with van der Waals surface area (Å²) in [4.78, 5) is 37.1. The van der Waals surface area contributed by atoms with E-state index >= 15 is 4.39 Å². The lowest BCUT2D eigenvalue weighted by Crippen LogP contribution is -2.70. The molecule has 5 nitrogen and oxygen atoms in total. The van der Waals surface area contributed by atoms with E-state index in [0.717, 1.165) is 5.57 Å². The molecular weight excluding hydrogens is 399 g/mol. The van der Waals surface area contributed by atoms with Gasteiger partial charge < -0.3 is 9.84 Å². The molecule has 0 unspecified atom stereocenters. The maximum atomic E-state index is 17.2. The van der Waals surface area contributed by atoms with Crippen molar-refractivity contribution in [3.05, 3.63) is 23.8 Å². The van der Waals surface area contributed by atoms with Crippen molar-refractivity contribution in [2.45, 2.75) is 78.2 Å². The number of hydrogen-bond donors (Lipinski definition) is 1. The fourth-order valence-electron chi connectivity index (χ4n) is 8.19. The van der Waals surface area contributed by atoms with Crippen LogP contribution in [0, 0.1) is 34.5 Å². The molecule has 0 heterocycles. The summed E-state index contributed by atoms with van der Waals surface area (Å²) in [6.07, 6.45) is 4.21. The number of aliphatic hydroxyl groups excluding tert-OH is 1. The Bertz CT molecular complexity index is 923. The Morgan fingerprint density at radius 2 is 1.81 bits per heavy atom. The lowest BCUT2D eigenvalue weighted by Gasteiger charge is -2.63. The number of ether oxygens (including phenoxy) is 1. The largest absolute Gasteiger partial charge is 0.450 e. The standard InChI is InChI=1S/C25H33FO5/c1-13-9-20-19-10-14(2)25(15(3)27,31-16(4)28)23(19,6)12-21(30)24(20,26)22(5)8-7-17(29)11-18(13)22/h7-8,11,13-14,19-21,30H,9-10,12H2,1-6H3/t13-,14-,19-,20-,21-,22-,23-,24-,25-/m0/s1. The smallest absolute Gasteiger partial charge is 0.303 e. The summed E-state index contributed by atoms with van der Waals surface area (Å²) in [5, 5.41) is 11.4. The number of hydrogen-bond acceptors (Lipinski definition) is 5. The van der Waals surface area contributed by atoms with E-state index in [1.54, 1.807) is 13.0 Å². The molecule has 6 heteroatoms. The molecule has 4 aliphatic carbocycles. The Labute approximate surface area is 183 Å². The van der Waals surface area contributed by atoms with E-state index in [2.05, 4.69) is 0 Å². The van der Waals surface area contributed by atoms with Crippen LogP contribution in [0.5, 0.6) is 0 Å². The normalized spacial score (nSPS) is 50.8. The van der Waals surface area contributed by atoms with Crippen LogP contribution in [0.3, 0.4) is 0 Å². The number of esters is 1. The number of carbonyl (C=O) groups excluding carboxylic acids is 3. The minimum Gasteiger partial charge on any atom is -0.450 e. The molecular formula is C25H33FO5. The molecule has 170 valence electrons. The summed E-state index contributed by atoms with van der Waals surface area (Å²) in [5.74, 6) is -2.06. The van der Waals surface area contributed by atoms with Crippen LogP contribution in [-0.2, 0) is 19.1 Å². The molecule has 4 rings (SSSR count). The van der Waals surface area contributed by atoms with Crippen molar-refractivity contribution < 1.29 is 28.6 Å².